The van der Waals surface area contributed by atoms with Crippen molar-refractivity contribution < 1.29 is 31.6 Å². The quantitative estimate of drug-likeness (QED) is 0.649. The van der Waals surface area contributed by atoms with Gasteiger partial charge in [0.05, 0.1) is 12.0 Å². The van der Waals surface area contributed by atoms with Crippen molar-refractivity contribution in [3.63, 3.8) is 0 Å². The summed E-state index contributed by atoms with van der Waals surface area (Å²) in [6.45, 7) is 0.499. The molecule has 0 radical (unpaired) electrons. The Morgan fingerprint density at radius 3 is 2.43 bits per heavy atom. The number of halogens is 1. The summed E-state index contributed by atoms with van der Waals surface area (Å²) in [5.41, 5.74) is 0. The first-order valence-electron chi connectivity index (χ1n) is 9.31. The van der Waals surface area contributed by atoms with Crippen LogP contribution in [0, 0.1) is 5.82 Å². The van der Waals surface area contributed by atoms with Crippen molar-refractivity contribution in [1.29, 1.82) is 0 Å². The van der Waals surface area contributed by atoms with Crippen LogP contribution in [-0.2, 0) is 14.8 Å². The smallest absolute Gasteiger partial charge is 0.289 e. The molecule has 0 unspecified atom stereocenters. The number of hydrogen-bond acceptors (Lipinski definition) is 6. The molecular formula is C19H22FN3O6S. The molecule has 1 saturated heterocycles. The molecule has 1 aliphatic rings. The fraction of sp³-hybridized carbons (Fsp3) is 0.368. The van der Waals surface area contributed by atoms with Gasteiger partial charge >= 0.3 is 0 Å². The van der Waals surface area contributed by atoms with Crippen LogP contribution in [0.3, 0.4) is 0 Å². The zero-order chi connectivity index (χ0) is 21.6. The minimum Gasteiger partial charge on any atom is -0.484 e. The maximum absolute atomic E-state index is 12.8. The van der Waals surface area contributed by atoms with Crippen molar-refractivity contribution in [3.05, 3.63) is 54.2 Å². The third-order valence-corrected chi connectivity index (χ3v) is 6.39. The topological polar surface area (TPSA) is 109 Å². The first-order chi connectivity index (χ1) is 14.3. The van der Waals surface area contributed by atoms with E-state index in [2.05, 4.69) is 5.32 Å². The number of rotatable bonds is 8. The second kappa shape index (κ2) is 9.72. The van der Waals surface area contributed by atoms with Crippen molar-refractivity contribution in [1.82, 2.24) is 14.5 Å². The Morgan fingerprint density at radius 1 is 1.10 bits per heavy atom. The number of carbonyl (C=O) groups is 2. The van der Waals surface area contributed by atoms with E-state index in [1.807, 2.05) is 0 Å². The average molecular weight is 439 g/mol. The number of nitrogens with one attached hydrogen (secondary N) is 1. The SMILES string of the molecule is O=C(COc1ccc(F)cc1)NCCS(=O)(=O)N1CCN(C(=O)c2ccco2)CC1. The molecule has 0 aliphatic carbocycles. The van der Waals surface area contributed by atoms with Gasteiger partial charge in [0.1, 0.15) is 11.6 Å². The fourth-order valence-electron chi connectivity index (χ4n) is 2.90. The van der Waals surface area contributed by atoms with Gasteiger partial charge < -0.3 is 19.4 Å². The molecule has 3 rings (SSSR count). The van der Waals surface area contributed by atoms with Crippen LogP contribution < -0.4 is 10.1 Å². The Labute approximate surface area is 173 Å². The van der Waals surface area contributed by atoms with Crippen LogP contribution in [0.2, 0.25) is 0 Å². The van der Waals surface area contributed by atoms with Gasteiger partial charge in [-0.1, -0.05) is 0 Å². The van der Waals surface area contributed by atoms with E-state index < -0.39 is 21.7 Å². The highest BCUT2D eigenvalue weighted by Crippen LogP contribution is 2.12. The number of hydrogen-bond donors (Lipinski definition) is 1. The van der Waals surface area contributed by atoms with Gasteiger partial charge in [0, 0.05) is 32.7 Å². The molecule has 11 heteroatoms. The van der Waals surface area contributed by atoms with E-state index >= 15 is 0 Å². The summed E-state index contributed by atoms with van der Waals surface area (Å²) < 4.78 is 49.4. The van der Waals surface area contributed by atoms with Gasteiger partial charge in [0.15, 0.2) is 12.4 Å². The van der Waals surface area contributed by atoms with Crippen molar-refractivity contribution in [2.24, 2.45) is 0 Å². The van der Waals surface area contributed by atoms with Gasteiger partial charge in [-0.15, -0.1) is 0 Å². The van der Waals surface area contributed by atoms with E-state index in [4.69, 9.17) is 9.15 Å². The lowest BCUT2D eigenvalue weighted by molar-refractivity contribution is -0.122. The van der Waals surface area contributed by atoms with Crippen molar-refractivity contribution in [3.8, 4) is 5.75 Å². The number of sulfonamides is 1. The Hall–Kier alpha value is -2.92. The number of carbonyl (C=O) groups excluding carboxylic acids is 2. The molecule has 1 aromatic carbocycles. The van der Waals surface area contributed by atoms with Crippen LogP contribution >= 0.6 is 0 Å². The molecule has 30 heavy (non-hydrogen) atoms. The van der Waals surface area contributed by atoms with E-state index in [0.717, 1.165) is 0 Å². The van der Waals surface area contributed by atoms with Gasteiger partial charge in [0.25, 0.3) is 11.8 Å². The molecule has 0 spiro atoms. The van der Waals surface area contributed by atoms with E-state index in [0.29, 0.717) is 5.75 Å². The predicted molar refractivity (Wildman–Crippen MR) is 105 cm³/mol. The van der Waals surface area contributed by atoms with Crippen LogP contribution in [0.25, 0.3) is 0 Å². The standard InChI is InChI=1S/C19H22FN3O6S/c20-15-3-5-16(6-4-15)29-14-18(24)21-7-13-30(26,27)23-10-8-22(9-11-23)19(25)17-2-1-12-28-17/h1-6,12H,7-11,13-14H2,(H,21,24). The van der Waals surface area contributed by atoms with E-state index in [-0.39, 0.29) is 56.8 Å². The summed E-state index contributed by atoms with van der Waals surface area (Å²) in [7, 11) is -3.58. The van der Waals surface area contributed by atoms with Crippen LogP contribution in [0.1, 0.15) is 10.6 Å². The minimum absolute atomic E-state index is 0.0700. The normalized spacial score (nSPS) is 15.0. The largest absolute Gasteiger partial charge is 0.484 e. The summed E-state index contributed by atoms with van der Waals surface area (Å²) in [6.07, 6.45) is 1.41. The second-order valence-corrected chi connectivity index (χ2v) is 8.67. The summed E-state index contributed by atoms with van der Waals surface area (Å²) in [6, 6.07) is 8.39. The molecule has 1 fully saturated rings. The van der Waals surface area contributed by atoms with E-state index in [1.165, 1.54) is 34.8 Å². The molecule has 0 atom stereocenters. The highest BCUT2D eigenvalue weighted by atomic mass is 32.2. The van der Waals surface area contributed by atoms with Gasteiger partial charge in [-0.2, -0.15) is 4.31 Å². The van der Waals surface area contributed by atoms with Crippen LogP contribution in [0.15, 0.2) is 47.1 Å². The maximum Gasteiger partial charge on any atom is 0.289 e. The second-order valence-electron chi connectivity index (χ2n) is 6.58. The first kappa shape index (κ1) is 21.8. The molecule has 2 heterocycles. The van der Waals surface area contributed by atoms with Crippen molar-refractivity contribution >= 4 is 21.8 Å². The van der Waals surface area contributed by atoms with Gasteiger partial charge in [0.2, 0.25) is 10.0 Å². The lowest BCUT2D eigenvalue weighted by atomic mass is 10.3. The highest BCUT2D eigenvalue weighted by molar-refractivity contribution is 7.89. The molecule has 0 saturated carbocycles. The van der Waals surface area contributed by atoms with Crippen LogP contribution in [0.4, 0.5) is 4.39 Å². The predicted octanol–water partition coefficient (Wildman–Crippen LogP) is 0.702. The van der Waals surface area contributed by atoms with E-state index in [9.17, 15) is 22.4 Å². The fourth-order valence-corrected chi connectivity index (χ4v) is 4.24. The number of piperazine rings is 1. The maximum atomic E-state index is 12.8. The van der Waals surface area contributed by atoms with Crippen molar-refractivity contribution in [2.75, 3.05) is 45.1 Å². The summed E-state index contributed by atoms with van der Waals surface area (Å²) in [4.78, 5) is 25.6. The lowest BCUT2D eigenvalue weighted by Crippen LogP contribution is -2.51. The molecule has 9 nitrogen and oxygen atoms in total. The number of amides is 2. The molecule has 162 valence electrons. The van der Waals surface area contributed by atoms with Gasteiger partial charge in [-0.05, 0) is 36.4 Å². The third kappa shape index (κ3) is 5.80. The first-order valence-corrected chi connectivity index (χ1v) is 10.9. The summed E-state index contributed by atoms with van der Waals surface area (Å²) in [5.74, 6) is -0.878. The highest BCUT2D eigenvalue weighted by Gasteiger charge is 2.29. The Morgan fingerprint density at radius 2 is 1.80 bits per heavy atom. The molecule has 1 aliphatic heterocycles. The Balaban J connectivity index is 1.38. The average Bonchev–Trinajstić information content (AvgIpc) is 3.28. The van der Waals surface area contributed by atoms with E-state index in [1.54, 1.807) is 17.0 Å². The molecule has 1 N–H and O–H groups in total. The molecular weight excluding hydrogens is 417 g/mol. The molecule has 0 bridgehead atoms. The number of nitrogens with zero attached hydrogens (tertiary/aromatic N) is 2. The number of furan rings is 1. The lowest BCUT2D eigenvalue weighted by Gasteiger charge is -2.33. The third-order valence-electron chi connectivity index (χ3n) is 4.52. The zero-order valence-corrected chi connectivity index (χ0v) is 16.9. The number of benzene rings is 1. The summed E-state index contributed by atoms with van der Waals surface area (Å²) >= 11 is 0. The zero-order valence-electron chi connectivity index (χ0n) is 16.1. The Bertz CT molecular complexity index is 955. The Kier molecular flexibility index (Phi) is 7.06. The van der Waals surface area contributed by atoms with Crippen molar-refractivity contribution in [2.45, 2.75) is 0 Å². The molecule has 2 aromatic rings. The minimum atomic E-state index is -3.58. The molecule has 2 amide bonds. The van der Waals surface area contributed by atoms with Gasteiger partial charge in [-0.3, -0.25) is 9.59 Å². The van der Waals surface area contributed by atoms with Gasteiger partial charge in [-0.25, -0.2) is 12.8 Å². The van der Waals surface area contributed by atoms with Crippen LogP contribution in [0.5, 0.6) is 5.75 Å². The summed E-state index contributed by atoms with van der Waals surface area (Å²) in [5, 5.41) is 2.48. The number of ether oxygens (including phenoxy) is 1. The monoisotopic (exact) mass is 439 g/mol. The van der Waals surface area contributed by atoms with Crippen LogP contribution in [-0.4, -0.2) is 74.5 Å². The molecule has 1 aromatic heterocycles.